The number of carbonyl (C=O) groups is 2. The third kappa shape index (κ3) is 5.09. The summed E-state index contributed by atoms with van der Waals surface area (Å²) < 4.78 is 20.5. The molecule has 30 heavy (non-hydrogen) atoms. The summed E-state index contributed by atoms with van der Waals surface area (Å²) in [5.74, 6) is -0.867. The lowest BCUT2D eigenvalue weighted by Gasteiger charge is -2.16. The van der Waals surface area contributed by atoms with Gasteiger partial charge in [-0.2, -0.15) is 0 Å². The van der Waals surface area contributed by atoms with Crippen molar-refractivity contribution in [1.82, 2.24) is 0 Å². The molecule has 10 nitrogen and oxygen atoms in total. The Bertz CT molecular complexity index is 979. The lowest BCUT2D eigenvalue weighted by atomic mass is 10.2. The highest BCUT2D eigenvalue weighted by molar-refractivity contribution is 6.32. The van der Waals surface area contributed by atoms with Gasteiger partial charge in [-0.15, -0.1) is 0 Å². The highest BCUT2D eigenvalue weighted by atomic mass is 35.5. The number of rotatable bonds is 8. The van der Waals surface area contributed by atoms with E-state index < -0.39 is 22.9 Å². The number of nitrogens with one attached hydrogen (secondary N) is 1. The average molecular weight is 439 g/mol. The van der Waals surface area contributed by atoms with Crippen LogP contribution >= 0.6 is 11.6 Å². The maximum absolute atomic E-state index is 12.4. The molecule has 0 spiro atoms. The zero-order valence-corrected chi connectivity index (χ0v) is 17.3. The fraction of sp³-hybridized carbons (Fsp3) is 0.263. The largest absolute Gasteiger partial charge is 0.495 e. The molecule has 0 aliphatic heterocycles. The summed E-state index contributed by atoms with van der Waals surface area (Å²) in [6.45, 7) is 1.35. The highest BCUT2D eigenvalue weighted by Crippen LogP contribution is 2.36. The van der Waals surface area contributed by atoms with E-state index in [2.05, 4.69) is 5.32 Å². The summed E-state index contributed by atoms with van der Waals surface area (Å²) in [6.07, 6.45) is -1.23. The van der Waals surface area contributed by atoms with Gasteiger partial charge in [0, 0.05) is 12.1 Å². The van der Waals surface area contributed by atoms with Gasteiger partial charge in [0.05, 0.1) is 42.5 Å². The number of non-ortho nitro benzene ring substituents is 1. The Morgan fingerprint density at radius 1 is 1.07 bits per heavy atom. The van der Waals surface area contributed by atoms with E-state index >= 15 is 0 Å². The van der Waals surface area contributed by atoms with Gasteiger partial charge in [0.15, 0.2) is 17.6 Å². The molecule has 1 atom stereocenters. The summed E-state index contributed by atoms with van der Waals surface area (Å²) in [6, 6.07) is 6.40. The van der Waals surface area contributed by atoms with Gasteiger partial charge in [0.1, 0.15) is 5.75 Å². The number of nitro benzene ring substituents is 1. The van der Waals surface area contributed by atoms with Gasteiger partial charge in [0.2, 0.25) is 0 Å². The Morgan fingerprint density at radius 2 is 1.73 bits per heavy atom. The molecule has 11 heteroatoms. The minimum atomic E-state index is -1.23. The maximum atomic E-state index is 12.4. The van der Waals surface area contributed by atoms with Crippen molar-refractivity contribution in [3.8, 4) is 17.2 Å². The number of methoxy groups -OCH3 is 3. The van der Waals surface area contributed by atoms with Crippen molar-refractivity contribution in [2.75, 3.05) is 26.6 Å². The molecule has 160 valence electrons. The van der Waals surface area contributed by atoms with E-state index in [0.717, 1.165) is 6.07 Å². The molecule has 0 saturated heterocycles. The topological polar surface area (TPSA) is 126 Å². The molecule has 0 aromatic heterocycles. The van der Waals surface area contributed by atoms with E-state index in [-0.39, 0.29) is 39.2 Å². The van der Waals surface area contributed by atoms with Gasteiger partial charge in [-0.25, -0.2) is 4.79 Å². The van der Waals surface area contributed by atoms with Crippen LogP contribution in [0.25, 0.3) is 0 Å². The van der Waals surface area contributed by atoms with Crippen molar-refractivity contribution >= 4 is 34.9 Å². The number of carbonyl (C=O) groups excluding carboxylic acids is 2. The molecule has 1 N–H and O–H groups in total. The third-order valence-electron chi connectivity index (χ3n) is 3.97. The molecule has 0 heterocycles. The zero-order chi connectivity index (χ0) is 22.4. The van der Waals surface area contributed by atoms with Crippen LogP contribution in [0.1, 0.15) is 17.3 Å². The molecule has 0 saturated carbocycles. The molecule has 2 aromatic carbocycles. The van der Waals surface area contributed by atoms with Crippen molar-refractivity contribution in [2.45, 2.75) is 13.0 Å². The van der Waals surface area contributed by atoms with Crippen LogP contribution in [-0.4, -0.2) is 44.2 Å². The number of hydrogen-bond acceptors (Lipinski definition) is 8. The zero-order valence-electron chi connectivity index (χ0n) is 16.6. The summed E-state index contributed by atoms with van der Waals surface area (Å²) in [4.78, 5) is 35.2. The van der Waals surface area contributed by atoms with E-state index in [9.17, 15) is 19.7 Å². The average Bonchev–Trinajstić information content (AvgIpc) is 2.72. The third-order valence-corrected chi connectivity index (χ3v) is 4.25. The summed E-state index contributed by atoms with van der Waals surface area (Å²) in [5.41, 5.74) is -0.130. The molecule has 0 bridgehead atoms. The normalized spacial score (nSPS) is 11.2. The minimum Gasteiger partial charge on any atom is -0.495 e. The standard InChI is InChI=1S/C19H19ClN2O8/c1-10(18(23)21-14-9-12(22(25)26)5-6-15(14)27-2)30-19(24)11-7-13(20)17(29-4)16(8-11)28-3/h5-10H,1-4H3,(H,21,23)/t10-/m0/s1. The van der Waals surface area contributed by atoms with Crippen LogP contribution < -0.4 is 19.5 Å². The molecule has 2 rings (SSSR count). The molecule has 0 aliphatic rings. The molecular weight excluding hydrogens is 420 g/mol. The molecule has 2 aromatic rings. The molecular formula is C19H19ClN2O8. The number of ether oxygens (including phenoxy) is 4. The number of halogens is 1. The molecule has 1 amide bonds. The van der Waals surface area contributed by atoms with Gasteiger partial charge in [-0.1, -0.05) is 11.6 Å². The molecule has 0 unspecified atom stereocenters. The number of nitrogens with zero attached hydrogens (tertiary/aromatic N) is 1. The van der Waals surface area contributed by atoms with Crippen LogP contribution in [0.3, 0.4) is 0 Å². The van der Waals surface area contributed by atoms with Gasteiger partial charge in [-0.3, -0.25) is 14.9 Å². The number of anilines is 1. The first-order chi connectivity index (χ1) is 14.2. The van der Waals surface area contributed by atoms with Crippen molar-refractivity contribution < 1.29 is 33.5 Å². The highest BCUT2D eigenvalue weighted by Gasteiger charge is 2.23. The molecule has 0 fully saturated rings. The SMILES string of the molecule is COc1ccc([N+](=O)[O-])cc1NC(=O)[C@H](C)OC(=O)c1cc(Cl)c(OC)c(OC)c1. The first-order valence-corrected chi connectivity index (χ1v) is 8.85. The smallest absolute Gasteiger partial charge is 0.339 e. The predicted molar refractivity (Wildman–Crippen MR) is 108 cm³/mol. The lowest BCUT2D eigenvalue weighted by molar-refractivity contribution is -0.384. The number of nitro groups is 1. The van der Waals surface area contributed by atoms with Crippen LogP contribution in [0.5, 0.6) is 17.2 Å². The Balaban J connectivity index is 2.16. The number of esters is 1. The Kier molecular flexibility index (Phi) is 7.43. The van der Waals surface area contributed by atoms with Crippen LogP contribution in [0.15, 0.2) is 30.3 Å². The van der Waals surface area contributed by atoms with E-state index in [1.54, 1.807) is 0 Å². The number of hydrogen-bond donors (Lipinski definition) is 1. The Hall–Kier alpha value is -3.53. The quantitative estimate of drug-likeness (QED) is 0.377. The van der Waals surface area contributed by atoms with Crippen molar-refractivity contribution in [2.24, 2.45) is 0 Å². The van der Waals surface area contributed by atoms with Crippen LogP contribution in [0, 0.1) is 10.1 Å². The lowest BCUT2D eigenvalue weighted by Crippen LogP contribution is -2.30. The second-order valence-electron chi connectivity index (χ2n) is 5.87. The first kappa shape index (κ1) is 22.8. The fourth-order valence-electron chi connectivity index (χ4n) is 2.46. The van der Waals surface area contributed by atoms with Crippen LogP contribution in [0.4, 0.5) is 11.4 Å². The van der Waals surface area contributed by atoms with Crippen LogP contribution in [-0.2, 0) is 9.53 Å². The molecule has 0 radical (unpaired) electrons. The Labute approximate surface area is 176 Å². The maximum Gasteiger partial charge on any atom is 0.339 e. The monoisotopic (exact) mass is 438 g/mol. The fourth-order valence-corrected chi connectivity index (χ4v) is 2.75. The minimum absolute atomic E-state index is 0.0465. The van der Waals surface area contributed by atoms with Gasteiger partial charge in [-0.05, 0) is 25.1 Å². The van der Waals surface area contributed by atoms with Crippen molar-refractivity contribution in [3.63, 3.8) is 0 Å². The summed E-state index contributed by atoms with van der Waals surface area (Å²) in [5, 5.41) is 13.5. The number of benzene rings is 2. The predicted octanol–water partition coefficient (Wildman–Crippen LogP) is 3.46. The van der Waals surface area contributed by atoms with E-state index in [0.29, 0.717) is 0 Å². The van der Waals surface area contributed by atoms with Gasteiger partial charge in [0.25, 0.3) is 11.6 Å². The van der Waals surface area contributed by atoms with Crippen molar-refractivity contribution in [1.29, 1.82) is 0 Å². The van der Waals surface area contributed by atoms with Crippen molar-refractivity contribution in [3.05, 3.63) is 51.0 Å². The van der Waals surface area contributed by atoms with E-state index in [1.165, 1.54) is 52.5 Å². The van der Waals surface area contributed by atoms with E-state index in [1.807, 2.05) is 0 Å². The van der Waals surface area contributed by atoms with Gasteiger partial charge < -0.3 is 24.3 Å². The Morgan fingerprint density at radius 3 is 2.30 bits per heavy atom. The van der Waals surface area contributed by atoms with Crippen LogP contribution in [0.2, 0.25) is 5.02 Å². The second-order valence-corrected chi connectivity index (χ2v) is 6.28. The number of amides is 1. The summed E-state index contributed by atoms with van der Waals surface area (Å²) >= 11 is 6.08. The second kappa shape index (κ2) is 9.79. The first-order valence-electron chi connectivity index (χ1n) is 8.47. The van der Waals surface area contributed by atoms with Gasteiger partial charge >= 0.3 is 5.97 Å². The molecule has 0 aliphatic carbocycles. The summed E-state index contributed by atoms with van der Waals surface area (Å²) in [7, 11) is 4.13. The van der Waals surface area contributed by atoms with E-state index in [4.69, 9.17) is 30.5 Å².